The van der Waals surface area contributed by atoms with Crippen LogP contribution in [0.1, 0.15) is 17.3 Å². The summed E-state index contributed by atoms with van der Waals surface area (Å²) in [6.07, 6.45) is 3.19. The molecule has 1 aliphatic heterocycles. The predicted octanol–water partition coefficient (Wildman–Crippen LogP) is -0.166. The zero-order valence-electron chi connectivity index (χ0n) is 15.6. The van der Waals surface area contributed by atoms with Crippen LogP contribution in [0.15, 0.2) is 17.0 Å². The highest BCUT2D eigenvalue weighted by molar-refractivity contribution is 6.05. The molecule has 4 heterocycles. The number of amides is 1. The van der Waals surface area contributed by atoms with Gasteiger partial charge in [0, 0.05) is 45.5 Å². The summed E-state index contributed by atoms with van der Waals surface area (Å²) in [5, 5.41) is 16.5. The third-order valence-electron chi connectivity index (χ3n) is 5.00. The van der Waals surface area contributed by atoms with Crippen molar-refractivity contribution in [1.82, 2.24) is 34.6 Å². The smallest absolute Gasteiger partial charge is 0.257 e. The monoisotopic (exact) mass is 386 g/mol. The number of fused-ring (bicyclic) bond motifs is 1. The SMILES string of the molecule is CCn1c(-c2nonc2N)nc2cncc(C(=O)N3CCN(CCO)CC3)c21. The van der Waals surface area contributed by atoms with Crippen molar-refractivity contribution in [3.63, 3.8) is 0 Å². The predicted molar refractivity (Wildman–Crippen MR) is 100 cm³/mol. The maximum atomic E-state index is 13.2. The number of pyridine rings is 1. The van der Waals surface area contributed by atoms with E-state index in [9.17, 15) is 4.79 Å². The quantitative estimate of drug-likeness (QED) is 0.612. The van der Waals surface area contributed by atoms with Crippen LogP contribution in [0.25, 0.3) is 22.6 Å². The van der Waals surface area contributed by atoms with Crippen molar-refractivity contribution >= 4 is 22.8 Å². The number of imidazole rings is 1. The van der Waals surface area contributed by atoms with Crippen molar-refractivity contribution in [1.29, 1.82) is 0 Å². The number of hydrogen-bond acceptors (Lipinski definition) is 9. The van der Waals surface area contributed by atoms with Crippen LogP contribution in [-0.4, -0.2) is 85.0 Å². The fourth-order valence-corrected chi connectivity index (χ4v) is 3.57. The molecule has 0 aliphatic carbocycles. The largest absolute Gasteiger partial charge is 0.395 e. The van der Waals surface area contributed by atoms with Crippen molar-refractivity contribution in [2.75, 3.05) is 45.1 Å². The Morgan fingerprint density at radius 2 is 2.04 bits per heavy atom. The van der Waals surface area contributed by atoms with Gasteiger partial charge in [0.25, 0.3) is 5.91 Å². The van der Waals surface area contributed by atoms with Crippen LogP contribution in [0.4, 0.5) is 5.82 Å². The third kappa shape index (κ3) is 3.08. The Bertz CT molecular complexity index is 990. The van der Waals surface area contributed by atoms with Crippen molar-refractivity contribution in [2.45, 2.75) is 13.5 Å². The Balaban J connectivity index is 1.71. The molecule has 0 atom stereocenters. The Morgan fingerprint density at radius 1 is 1.25 bits per heavy atom. The molecular weight excluding hydrogens is 364 g/mol. The number of aliphatic hydroxyl groups excluding tert-OH is 1. The van der Waals surface area contributed by atoms with Crippen LogP contribution in [-0.2, 0) is 6.54 Å². The number of carbonyl (C=O) groups is 1. The molecule has 1 fully saturated rings. The van der Waals surface area contributed by atoms with Crippen LogP contribution in [0, 0.1) is 0 Å². The first-order chi connectivity index (χ1) is 13.6. The van der Waals surface area contributed by atoms with Gasteiger partial charge in [0.2, 0.25) is 0 Å². The van der Waals surface area contributed by atoms with E-state index in [1.54, 1.807) is 12.4 Å². The molecule has 11 heteroatoms. The van der Waals surface area contributed by atoms with Crippen LogP contribution in [0.2, 0.25) is 0 Å². The van der Waals surface area contributed by atoms with Gasteiger partial charge >= 0.3 is 0 Å². The number of carbonyl (C=O) groups excluding carboxylic acids is 1. The Labute approximate surface area is 160 Å². The molecule has 0 aromatic carbocycles. The molecule has 0 unspecified atom stereocenters. The lowest BCUT2D eigenvalue weighted by atomic mass is 10.2. The van der Waals surface area contributed by atoms with E-state index in [0.717, 1.165) is 13.1 Å². The highest BCUT2D eigenvalue weighted by atomic mass is 16.6. The Morgan fingerprint density at radius 3 is 2.68 bits per heavy atom. The zero-order valence-corrected chi connectivity index (χ0v) is 15.6. The van der Waals surface area contributed by atoms with E-state index in [4.69, 9.17) is 15.5 Å². The highest BCUT2D eigenvalue weighted by Gasteiger charge is 2.27. The van der Waals surface area contributed by atoms with Crippen molar-refractivity contribution < 1.29 is 14.5 Å². The fraction of sp³-hybridized carbons (Fsp3) is 0.471. The maximum absolute atomic E-state index is 13.2. The molecule has 4 rings (SSSR count). The number of β-amino-alcohol motifs (C(OH)–C–C–N with tert-alkyl or cyclic N) is 1. The van der Waals surface area contributed by atoms with Gasteiger partial charge in [-0.3, -0.25) is 14.7 Å². The molecule has 3 N–H and O–H groups in total. The van der Waals surface area contributed by atoms with Crippen LogP contribution >= 0.6 is 0 Å². The molecule has 1 saturated heterocycles. The number of anilines is 1. The average molecular weight is 386 g/mol. The second kappa shape index (κ2) is 7.52. The summed E-state index contributed by atoms with van der Waals surface area (Å²) in [5.74, 6) is 0.547. The number of piperazine rings is 1. The van der Waals surface area contributed by atoms with Crippen molar-refractivity contribution in [2.24, 2.45) is 0 Å². The lowest BCUT2D eigenvalue weighted by molar-refractivity contribution is 0.0616. The van der Waals surface area contributed by atoms with Gasteiger partial charge in [0.15, 0.2) is 17.3 Å². The number of nitrogens with zero attached hydrogens (tertiary/aromatic N) is 7. The number of nitrogen functional groups attached to an aromatic ring is 1. The number of nitrogens with two attached hydrogens (primary N) is 1. The Kier molecular flexibility index (Phi) is 4.92. The number of aryl methyl sites for hydroxylation is 1. The van der Waals surface area contributed by atoms with Gasteiger partial charge in [-0.2, -0.15) is 0 Å². The number of aromatic nitrogens is 5. The lowest BCUT2D eigenvalue weighted by Gasteiger charge is -2.34. The summed E-state index contributed by atoms with van der Waals surface area (Å²) in [4.78, 5) is 25.9. The lowest BCUT2D eigenvalue weighted by Crippen LogP contribution is -2.49. The van der Waals surface area contributed by atoms with Gasteiger partial charge in [0.1, 0.15) is 5.52 Å². The highest BCUT2D eigenvalue weighted by Crippen LogP contribution is 2.28. The molecule has 0 saturated carbocycles. The zero-order chi connectivity index (χ0) is 19.7. The minimum Gasteiger partial charge on any atom is -0.395 e. The summed E-state index contributed by atoms with van der Waals surface area (Å²) in [6, 6.07) is 0. The number of hydrogen-bond donors (Lipinski definition) is 2. The molecule has 11 nitrogen and oxygen atoms in total. The van der Waals surface area contributed by atoms with Gasteiger partial charge in [0.05, 0.1) is 23.9 Å². The van der Waals surface area contributed by atoms with E-state index >= 15 is 0 Å². The fourth-order valence-electron chi connectivity index (χ4n) is 3.57. The van der Waals surface area contributed by atoms with Crippen LogP contribution in [0.3, 0.4) is 0 Å². The molecule has 0 radical (unpaired) electrons. The van der Waals surface area contributed by atoms with E-state index < -0.39 is 0 Å². The second-order valence-electron chi connectivity index (χ2n) is 6.59. The molecule has 1 aliphatic rings. The first-order valence-corrected chi connectivity index (χ1v) is 9.19. The molecule has 1 amide bonds. The summed E-state index contributed by atoms with van der Waals surface area (Å²) in [6.45, 7) is 5.92. The van der Waals surface area contributed by atoms with Gasteiger partial charge in [-0.1, -0.05) is 0 Å². The topological polar surface area (TPSA) is 139 Å². The average Bonchev–Trinajstić information content (AvgIpc) is 3.30. The van der Waals surface area contributed by atoms with Gasteiger partial charge in [-0.25, -0.2) is 9.61 Å². The standard InChI is InChI=1S/C17H22N8O3/c1-2-25-14-11(17(27)24-5-3-23(4-6-24)7-8-26)9-19-10-12(14)20-16(25)13-15(18)22-28-21-13/h9-10,26H,2-8H2,1H3,(H2,18,22). The molecule has 148 valence electrons. The molecular formula is C17H22N8O3. The number of aliphatic hydroxyl groups is 1. The second-order valence-corrected chi connectivity index (χ2v) is 6.59. The van der Waals surface area contributed by atoms with Gasteiger partial charge in [-0.15, -0.1) is 0 Å². The molecule has 3 aromatic rings. The van der Waals surface area contributed by atoms with Crippen molar-refractivity contribution in [3.8, 4) is 11.5 Å². The molecule has 0 bridgehead atoms. The van der Waals surface area contributed by atoms with Gasteiger partial charge in [-0.05, 0) is 17.2 Å². The van der Waals surface area contributed by atoms with E-state index in [1.807, 2.05) is 16.4 Å². The van der Waals surface area contributed by atoms with Gasteiger partial charge < -0.3 is 20.3 Å². The van der Waals surface area contributed by atoms with E-state index in [2.05, 4.69) is 25.2 Å². The summed E-state index contributed by atoms with van der Waals surface area (Å²) in [5.41, 5.74) is 7.95. The molecule has 28 heavy (non-hydrogen) atoms. The normalized spacial score (nSPS) is 15.4. The minimum absolute atomic E-state index is 0.0888. The molecule has 0 spiro atoms. The number of rotatable bonds is 5. The summed E-state index contributed by atoms with van der Waals surface area (Å²) >= 11 is 0. The van der Waals surface area contributed by atoms with E-state index in [-0.39, 0.29) is 18.3 Å². The van der Waals surface area contributed by atoms with Crippen molar-refractivity contribution in [3.05, 3.63) is 18.0 Å². The Hall–Kier alpha value is -3.05. The maximum Gasteiger partial charge on any atom is 0.257 e. The minimum atomic E-state index is -0.0888. The molecule has 3 aromatic heterocycles. The summed E-state index contributed by atoms with van der Waals surface area (Å²) in [7, 11) is 0. The third-order valence-corrected chi connectivity index (χ3v) is 5.00. The first kappa shape index (κ1) is 18.3. The first-order valence-electron chi connectivity index (χ1n) is 9.19. The van der Waals surface area contributed by atoms with E-state index in [0.29, 0.717) is 54.3 Å². The van der Waals surface area contributed by atoms with E-state index in [1.165, 1.54) is 0 Å². The van der Waals surface area contributed by atoms with Crippen LogP contribution in [0.5, 0.6) is 0 Å². The van der Waals surface area contributed by atoms with Crippen LogP contribution < -0.4 is 5.73 Å². The summed E-state index contributed by atoms with van der Waals surface area (Å²) < 4.78 is 6.58.